The fourth-order valence-corrected chi connectivity index (χ4v) is 2.83. The van der Waals surface area contributed by atoms with Crippen molar-refractivity contribution in [3.8, 4) is 5.75 Å². The number of amidine groups is 1. The molecule has 1 aliphatic heterocycles. The SMILES string of the molecule is COc1ccc(Cl)cc1CN1C(=O)C(C)ON=C1c1ncccc1C. The number of pyridine rings is 1. The van der Waals surface area contributed by atoms with Gasteiger partial charge in [0.15, 0.2) is 0 Å². The lowest BCUT2D eigenvalue weighted by atomic mass is 10.1. The van der Waals surface area contributed by atoms with Crippen LogP contribution in [-0.4, -0.2) is 34.8 Å². The fourth-order valence-electron chi connectivity index (χ4n) is 2.63. The molecule has 3 rings (SSSR count). The van der Waals surface area contributed by atoms with Crippen LogP contribution in [0, 0.1) is 6.92 Å². The molecule has 0 bridgehead atoms. The standard InChI is InChI=1S/C18H18ClN3O3/c1-11-5-4-8-20-16(11)17-21-25-12(2)18(23)22(17)10-13-9-14(19)6-7-15(13)24-3/h4-9,12H,10H2,1-3H3. The Morgan fingerprint density at radius 1 is 1.36 bits per heavy atom. The molecule has 0 radical (unpaired) electrons. The van der Waals surface area contributed by atoms with E-state index in [4.69, 9.17) is 21.2 Å². The monoisotopic (exact) mass is 359 g/mol. The maximum absolute atomic E-state index is 12.7. The van der Waals surface area contributed by atoms with E-state index in [1.807, 2.05) is 19.1 Å². The van der Waals surface area contributed by atoms with Crippen LogP contribution in [-0.2, 0) is 16.2 Å². The Kier molecular flexibility index (Phi) is 4.90. The molecule has 130 valence electrons. The predicted octanol–water partition coefficient (Wildman–Crippen LogP) is 3.16. The van der Waals surface area contributed by atoms with Crippen LogP contribution in [0.2, 0.25) is 5.02 Å². The Morgan fingerprint density at radius 2 is 2.16 bits per heavy atom. The van der Waals surface area contributed by atoms with Gasteiger partial charge in [0.2, 0.25) is 11.9 Å². The highest BCUT2D eigenvalue weighted by molar-refractivity contribution is 6.30. The van der Waals surface area contributed by atoms with Crippen molar-refractivity contribution in [1.29, 1.82) is 0 Å². The number of ether oxygens (including phenoxy) is 1. The summed E-state index contributed by atoms with van der Waals surface area (Å²) in [5.74, 6) is 0.828. The fraction of sp³-hybridized carbons (Fsp3) is 0.278. The highest BCUT2D eigenvalue weighted by Crippen LogP contribution is 2.26. The van der Waals surface area contributed by atoms with Gasteiger partial charge in [-0.2, -0.15) is 0 Å². The summed E-state index contributed by atoms with van der Waals surface area (Å²) in [4.78, 5) is 23.9. The molecule has 1 unspecified atom stereocenters. The summed E-state index contributed by atoms with van der Waals surface area (Å²) in [6, 6.07) is 9.03. The highest BCUT2D eigenvalue weighted by atomic mass is 35.5. The zero-order valence-electron chi connectivity index (χ0n) is 14.2. The maximum atomic E-state index is 12.7. The summed E-state index contributed by atoms with van der Waals surface area (Å²) in [6.07, 6.45) is 0.990. The largest absolute Gasteiger partial charge is 0.496 e. The van der Waals surface area contributed by atoms with E-state index in [0.29, 0.717) is 22.3 Å². The van der Waals surface area contributed by atoms with Crippen molar-refractivity contribution >= 4 is 23.3 Å². The normalized spacial score (nSPS) is 17.1. The number of methoxy groups -OCH3 is 1. The van der Waals surface area contributed by atoms with Gasteiger partial charge >= 0.3 is 0 Å². The van der Waals surface area contributed by atoms with Gasteiger partial charge in [-0.15, -0.1) is 0 Å². The molecule has 1 amide bonds. The van der Waals surface area contributed by atoms with E-state index in [2.05, 4.69) is 10.1 Å². The number of aromatic nitrogens is 1. The number of hydrogen-bond donors (Lipinski definition) is 0. The number of carbonyl (C=O) groups excluding carboxylic acids is 1. The molecule has 1 aliphatic rings. The molecule has 25 heavy (non-hydrogen) atoms. The van der Waals surface area contributed by atoms with Gasteiger partial charge in [0.05, 0.1) is 13.7 Å². The van der Waals surface area contributed by atoms with Crippen molar-refractivity contribution in [2.24, 2.45) is 5.16 Å². The zero-order chi connectivity index (χ0) is 18.0. The van der Waals surface area contributed by atoms with Crippen LogP contribution in [0.3, 0.4) is 0 Å². The smallest absolute Gasteiger partial charge is 0.272 e. The van der Waals surface area contributed by atoms with Gasteiger partial charge in [-0.1, -0.05) is 22.8 Å². The second-order valence-electron chi connectivity index (χ2n) is 5.71. The molecule has 6 nitrogen and oxygen atoms in total. The molecule has 0 saturated carbocycles. The number of halogens is 1. The summed E-state index contributed by atoms with van der Waals surface area (Å²) >= 11 is 6.11. The number of benzene rings is 1. The minimum absolute atomic E-state index is 0.197. The third kappa shape index (κ3) is 3.44. The van der Waals surface area contributed by atoms with E-state index in [-0.39, 0.29) is 12.5 Å². The van der Waals surface area contributed by atoms with Gasteiger partial charge in [-0.25, -0.2) is 0 Å². The van der Waals surface area contributed by atoms with Crippen molar-refractivity contribution < 1.29 is 14.4 Å². The van der Waals surface area contributed by atoms with Crippen molar-refractivity contribution in [3.05, 3.63) is 58.4 Å². The van der Waals surface area contributed by atoms with Gasteiger partial charge in [-0.05, 0) is 43.7 Å². The van der Waals surface area contributed by atoms with Crippen molar-refractivity contribution in [3.63, 3.8) is 0 Å². The van der Waals surface area contributed by atoms with Crippen molar-refractivity contribution in [2.45, 2.75) is 26.5 Å². The van der Waals surface area contributed by atoms with E-state index >= 15 is 0 Å². The first-order chi connectivity index (χ1) is 12.0. The summed E-state index contributed by atoms with van der Waals surface area (Å²) < 4.78 is 5.39. The minimum Gasteiger partial charge on any atom is -0.496 e. The topological polar surface area (TPSA) is 64.0 Å². The molecule has 1 aromatic carbocycles. The minimum atomic E-state index is -0.669. The third-order valence-electron chi connectivity index (χ3n) is 3.96. The lowest BCUT2D eigenvalue weighted by Crippen LogP contribution is -2.46. The Morgan fingerprint density at radius 3 is 2.88 bits per heavy atom. The highest BCUT2D eigenvalue weighted by Gasteiger charge is 2.33. The molecular weight excluding hydrogens is 342 g/mol. The molecule has 1 atom stereocenters. The Labute approximate surface area is 151 Å². The van der Waals surface area contributed by atoms with Gasteiger partial charge in [0.1, 0.15) is 11.4 Å². The lowest BCUT2D eigenvalue weighted by molar-refractivity contribution is -0.142. The lowest BCUT2D eigenvalue weighted by Gasteiger charge is -2.30. The molecule has 0 saturated heterocycles. The van der Waals surface area contributed by atoms with Gasteiger partial charge in [0, 0.05) is 16.8 Å². The molecular formula is C18H18ClN3O3. The molecule has 7 heteroatoms. The predicted molar refractivity (Wildman–Crippen MR) is 94.6 cm³/mol. The number of aryl methyl sites for hydroxylation is 1. The Balaban J connectivity index is 2.03. The number of hydrogen-bond acceptors (Lipinski definition) is 5. The van der Waals surface area contributed by atoms with Gasteiger partial charge < -0.3 is 9.57 Å². The van der Waals surface area contributed by atoms with E-state index in [9.17, 15) is 4.79 Å². The van der Waals surface area contributed by atoms with Crippen LogP contribution >= 0.6 is 11.6 Å². The average Bonchev–Trinajstić information content (AvgIpc) is 2.60. The van der Waals surface area contributed by atoms with Crippen molar-refractivity contribution in [1.82, 2.24) is 9.88 Å². The number of carbonyl (C=O) groups is 1. The number of amides is 1. The van der Waals surface area contributed by atoms with Crippen LogP contribution in [0.4, 0.5) is 0 Å². The third-order valence-corrected chi connectivity index (χ3v) is 4.19. The van der Waals surface area contributed by atoms with Crippen LogP contribution < -0.4 is 4.74 Å². The second-order valence-corrected chi connectivity index (χ2v) is 6.15. The zero-order valence-corrected chi connectivity index (χ0v) is 14.9. The van der Waals surface area contributed by atoms with Gasteiger partial charge in [0.25, 0.3) is 5.91 Å². The van der Waals surface area contributed by atoms with Crippen LogP contribution in [0.15, 0.2) is 41.7 Å². The maximum Gasteiger partial charge on any atom is 0.272 e. The molecule has 0 spiro atoms. The molecule has 2 aromatic rings. The average molecular weight is 360 g/mol. The summed E-state index contributed by atoms with van der Waals surface area (Å²) in [5.41, 5.74) is 2.28. The van der Waals surface area contributed by atoms with Crippen LogP contribution in [0.1, 0.15) is 23.7 Å². The van der Waals surface area contributed by atoms with E-state index < -0.39 is 6.10 Å². The Hall–Kier alpha value is -2.60. The van der Waals surface area contributed by atoms with Crippen molar-refractivity contribution in [2.75, 3.05) is 7.11 Å². The first-order valence-corrected chi connectivity index (χ1v) is 8.18. The Bertz CT molecular complexity index is 838. The first-order valence-electron chi connectivity index (χ1n) is 7.81. The van der Waals surface area contributed by atoms with E-state index in [0.717, 1.165) is 11.1 Å². The van der Waals surface area contributed by atoms with Crippen LogP contribution in [0.25, 0.3) is 0 Å². The van der Waals surface area contributed by atoms with E-state index in [1.165, 1.54) is 0 Å². The quantitative estimate of drug-likeness (QED) is 0.841. The summed E-state index contributed by atoms with van der Waals surface area (Å²) in [5, 5.41) is 4.70. The first kappa shape index (κ1) is 17.2. The molecule has 0 N–H and O–H groups in total. The summed E-state index contributed by atoms with van der Waals surface area (Å²) in [7, 11) is 1.58. The second kappa shape index (κ2) is 7.11. The number of nitrogens with zero attached hydrogens (tertiary/aromatic N) is 3. The molecule has 0 fully saturated rings. The molecule has 0 aliphatic carbocycles. The van der Waals surface area contributed by atoms with Crippen LogP contribution in [0.5, 0.6) is 5.75 Å². The molecule has 1 aromatic heterocycles. The number of oxime groups is 1. The number of rotatable bonds is 4. The van der Waals surface area contributed by atoms with E-state index in [1.54, 1.807) is 43.3 Å². The summed E-state index contributed by atoms with van der Waals surface area (Å²) in [6.45, 7) is 3.83. The molecule has 2 heterocycles. The van der Waals surface area contributed by atoms with Gasteiger partial charge in [-0.3, -0.25) is 14.7 Å².